The molecule has 12 heteroatoms. The number of imide groups is 1. The maximum Gasteiger partial charge on any atom is 0.324 e. The molecule has 0 radical (unpaired) electrons. The Morgan fingerprint density at radius 3 is 1.98 bits per heavy atom. The van der Waals surface area contributed by atoms with E-state index in [-0.39, 0.29) is 18.5 Å². The van der Waals surface area contributed by atoms with Crippen LogP contribution < -0.4 is 16.4 Å². The highest BCUT2D eigenvalue weighted by Gasteiger charge is 2.41. The molecule has 2 aromatic heterocycles. The van der Waals surface area contributed by atoms with Gasteiger partial charge in [-0.05, 0) is 28.8 Å². The average Bonchev–Trinajstić information content (AvgIpc) is 3.79. The summed E-state index contributed by atoms with van der Waals surface area (Å²) in [7, 11) is 1.31. The van der Waals surface area contributed by atoms with Gasteiger partial charge in [0.15, 0.2) is 0 Å². The Morgan fingerprint density at radius 2 is 1.46 bits per heavy atom. The topological polar surface area (TPSA) is 161 Å². The van der Waals surface area contributed by atoms with Crippen molar-refractivity contribution in [2.75, 3.05) is 7.05 Å². The first kappa shape index (κ1) is 31.7. The minimum Gasteiger partial charge on any atom is -0.364 e. The van der Waals surface area contributed by atoms with Crippen LogP contribution in [0.5, 0.6) is 0 Å². The van der Waals surface area contributed by atoms with E-state index in [0.717, 1.165) is 26.2 Å². The third kappa shape index (κ3) is 5.75. The third-order valence-corrected chi connectivity index (χ3v) is 8.59. The molecule has 0 unspecified atom stereocenters. The molecule has 0 saturated carbocycles. The van der Waals surface area contributed by atoms with Gasteiger partial charge in [-0.1, -0.05) is 91.0 Å². The van der Waals surface area contributed by atoms with Gasteiger partial charge in [-0.3, -0.25) is 28.6 Å². The SMILES string of the molecule is CN1C(=O)C[C@@H](C(=O)N[C@@H](Cc2cncn2C(c2ccccc2)(c2ccccc2)c2ccccc2)C(=O)n2cccc2C(N)=O)NC1=O. The van der Waals surface area contributed by atoms with Crippen molar-refractivity contribution in [1.29, 1.82) is 0 Å². The predicted molar refractivity (Wildman–Crippen MR) is 176 cm³/mol. The van der Waals surface area contributed by atoms with Crippen LogP contribution >= 0.6 is 0 Å². The molecule has 5 amide bonds. The average molecular weight is 644 g/mol. The number of nitrogens with one attached hydrogen (secondary N) is 2. The first-order valence-electron chi connectivity index (χ1n) is 15.3. The molecule has 5 aromatic rings. The summed E-state index contributed by atoms with van der Waals surface area (Å²) in [5.74, 6) is -2.75. The number of hydrogen-bond acceptors (Lipinski definition) is 6. The van der Waals surface area contributed by atoms with Crippen LogP contribution in [0.25, 0.3) is 0 Å². The Morgan fingerprint density at radius 1 is 0.896 bits per heavy atom. The summed E-state index contributed by atoms with van der Waals surface area (Å²) in [5, 5.41) is 5.25. The smallest absolute Gasteiger partial charge is 0.324 e. The summed E-state index contributed by atoms with van der Waals surface area (Å²) in [6, 6.07) is 29.3. The quantitative estimate of drug-likeness (QED) is 0.198. The molecule has 12 nitrogen and oxygen atoms in total. The molecule has 1 aliphatic heterocycles. The molecule has 1 fully saturated rings. The van der Waals surface area contributed by atoms with E-state index >= 15 is 0 Å². The van der Waals surface area contributed by atoms with E-state index in [4.69, 9.17) is 5.73 Å². The standard InChI is InChI=1S/C36H33N7O5/c1-41-31(44)21-28(40-35(41)48)33(46)39-29(34(47)42-19-11-18-30(42)32(37)45)20-27-22-38-23-43(27)36(24-12-5-2-6-13-24,25-14-7-3-8-15-25)26-16-9-4-10-17-26/h2-19,22-23,28-29H,20-21H2,1H3,(H2,37,45)(H,39,46)(H,40,48)/t28-,29-/m0/s1. The highest BCUT2D eigenvalue weighted by atomic mass is 16.2. The van der Waals surface area contributed by atoms with Crippen molar-refractivity contribution in [2.24, 2.45) is 5.73 Å². The number of imidazole rings is 1. The zero-order valence-electron chi connectivity index (χ0n) is 26.0. The van der Waals surface area contributed by atoms with Crippen LogP contribution in [0.4, 0.5) is 4.79 Å². The number of carbonyl (C=O) groups is 5. The lowest BCUT2D eigenvalue weighted by Crippen LogP contribution is -2.60. The van der Waals surface area contributed by atoms with Gasteiger partial charge in [0.2, 0.25) is 11.8 Å². The normalized spacial score (nSPS) is 15.4. The van der Waals surface area contributed by atoms with Gasteiger partial charge in [-0.2, -0.15) is 0 Å². The zero-order valence-corrected chi connectivity index (χ0v) is 26.0. The Bertz CT molecular complexity index is 1860. The second kappa shape index (κ2) is 13.2. The molecule has 4 N–H and O–H groups in total. The van der Waals surface area contributed by atoms with Crippen molar-refractivity contribution >= 4 is 29.7 Å². The summed E-state index contributed by atoms with van der Waals surface area (Å²) in [6.45, 7) is 0. The highest BCUT2D eigenvalue weighted by molar-refractivity contribution is 6.03. The number of hydrogen-bond donors (Lipinski definition) is 3. The molecule has 3 aromatic carbocycles. The van der Waals surface area contributed by atoms with Gasteiger partial charge in [0.25, 0.3) is 11.8 Å². The maximum absolute atomic E-state index is 14.2. The number of carbonyl (C=O) groups excluding carboxylic acids is 5. The largest absolute Gasteiger partial charge is 0.364 e. The highest BCUT2D eigenvalue weighted by Crippen LogP contribution is 2.41. The number of rotatable bonds is 10. The molecule has 1 saturated heterocycles. The lowest BCUT2D eigenvalue weighted by Gasteiger charge is -2.39. The van der Waals surface area contributed by atoms with Crippen LogP contribution in [0.3, 0.4) is 0 Å². The van der Waals surface area contributed by atoms with Crippen molar-refractivity contribution in [3.63, 3.8) is 0 Å². The number of nitrogens with zero attached hydrogens (tertiary/aromatic N) is 4. The van der Waals surface area contributed by atoms with Gasteiger partial charge in [-0.15, -0.1) is 0 Å². The number of benzene rings is 3. The number of amides is 5. The lowest BCUT2D eigenvalue weighted by molar-refractivity contribution is -0.134. The van der Waals surface area contributed by atoms with Crippen LogP contribution in [-0.4, -0.2) is 67.8 Å². The number of primary amides is 1. The molecule has 0 spiro atoms. The van der Waals surface area contributed by atoms with Gasteiger partial charge < -0.3 is 20.9 Å². The Labute approximate surface area is 276 Å². The van der Waals surface area contributed by atoms with Gasteiger partial charge in [0.05, 0.1) is 12.7 Å². The molecule has 0 bridgehead atoms. The molecule has 6 rings (SSSR count). The van der Waals surface area contributed by atoms with Crippen LogP contribution in [0.1, 0.15) is 44.1 Å². The van der Waals surface area contributed by atoms with E-state index < -0.39 is 47.3 Å². The second-order valence-electron chi connectivity index (χ2n) is 11.5. The zero-order chi connectivity index (χ0) is 33.8. The summed E-state index contributed by atoms with van der Waals surface area (Å²) in [5.41, 5.74) is 7.86. The molecule has 3 heterocycles. The van der Waals surface area contributed by atoms with Crippen LogP contribution in [0.15, 0.2) is 122 Å². The first-order chi connectivity index (χ1) is 23.2. The molecule has 48 heavy (non-hydrogen) atoms. The van der Waals surface area contributed by atoms with Crippen molar-refractivity contribution in [3.05, 3.63) is 150 Å². The fourth-order valence-corrected chi connectivity index (χ4v) is 6.23. The maximum atomic E-state index is 14.2. The molecular formula is C36H33N7O5. The molecule has 1 aliphatic rings. The Kier molecular flexibility index (Phi) is 8.71. The molecule has 0 aliphatic carbocycles. The number of nitrogens with two attached hydrogens (primary N) is 1. The van der Waals surface area contributed by atoms with E-state index in [0.29, 0.717) is 5.69 Å². The van der Waals surface area contributed by atoms with E-state index in [1.54, 1.807) is 12.5 Å². The third-order valence-electron chi connectivity index (χ3n) is 8.59. The Hall–Kier alpha value is -6.30. The summed E-state index contributed by atoms with van der Waals surface area (Å²) in [4.78, 5) is 70.2. The molecule has 2 atom stereocenters. The monoisotopic (exact) mass is 643 g/mol. The van der Waals surface area contributed by atoms with Crippen molar-refractivity contribution in [2.45, 2.75) is 30.5 Å². The van der Waals surface area contributed by atoms with Gasteiger partial charge >= 0.3 is 6.03 Å². The summed E-state index contributed by atoms with van der Waals surface area (Å²) >= 11 is 0. The predicted octanol–water partition coefficient (Wildman–Crippen LogP) is 2.93. The first-order valence-corrected chi connectivity index (χ1v) is 15.3. The van der Waals surface area contributed by atoms with Gasteiger partial charge in [0, 0.05) is 31.6 Å². The Balaban J connectivity index is 1.48. The van der Waals surface area contributed by atoms with Crippen LogP contribution in [0.2, 0.25) is 0 Å². The van der Waals surface area contributed by atoms with E-state index in [1.165, 1.54) is 25.4 Å². The van der Waals surface area contributed by atoms with Crippen LogP contribution in [-0.2, 0) is 21.5 Å². The van der Waals surface area contributed by atoms with Crippen molar-refractivity contribution < 1.29 is 24.0 Å². The van der Waals surface area contributed by atoms with Crippen LogP contribution in [0, 0.1) is 0 Å². The van der Waals surface area contributed by atoms with Gasteiger partial charge in [0.1, 0.15) is 23.3 Å². The minimum absolute atomic E-state index is 0.0669. The van der Waals surface area contributed by atoms with Crippen molar-refractivity contribution in [1.82, 2.24) is 29.7 Å². The number of aromatic nitrogens is 3. The summed E-state index contributed by atoms with van der Waals surface area (Å²) < 4.78 is 3.07. The lowest BCUT2D eigenvalue weighted by atomic mass is 9.76. The fourth-order valence-electron chi connectivity index (χ4n) is 6.23. The van der Waals surface area contributed by atoms with E-state index in [1.807, 2.05) is 95.6 Å². The second-order valence-corrected chi connectivity index (χ2v) is 11.5. The van der Waals surface area contributed by atoms with E-state index in [2.05, 4.69) is 15.6 Å². The number of urea groups is 1. The fraction of sp³-hybridized carbons (Fsp3) is 0.167. The van der Waals surface area contributed by atoms with E-state index in [9.17, 15) is 24.0 Å². The van der Waals surface area contributed by atoms with Crippen molar-refractivity contribution in [3.8, 4) is 0 Å². The van der Waals surface area contributed by atoms with Gasteiger partial charge in [-0.25, -0.2) is 9.78 Å². The molecular weight excluding hydrogens is 610 g/mol. The minimum atomic E-state index is -1.27. The summed E-state index contributed by atoms with van der Waals surface area (Å²) in [6.07, 6.45) is 4.33. The molecule has 242 valence electrons.